The highest BCUT2D eigenvalue weighted by Gasteiger charge is 2.54. The van der Waals surface area contributed by atoms with Crippen LogP contribution in [0, 0.1) is 0 Å². The highest BCUT2D eigenvalue weighted by atomic mass is 16.5. The van der Waals surface area contributed by atoms with Gasteiger partial charge >= 0.3 is 11.9 Å². The van der Waals surface area contributed by atoms with Crippen LogP contribution in [0.4, 0.5) is 0 Å². The molecule has 2 aliphatic rings. The van der Waals surface area contributed by atoms with Gasteiger partial charge in [0.2, 0.25) is 0 Å². The van der Waals surface area contributed by atoms with E-state index in [0.717, 1.165) is 35.4 Å². The summed E-state index contributed by atoms with van der Waals surface area (Å²) >= 11 is 0. The molecule has 2 aliphatic heterocycles. The van der Waals surface area contributed by atoms with Gasteiger partial charge in [0.15, 0.2) is 0 Å². The fourth-order valence-electron chi connectivity index (χ4n) is 5.05. The average molecular weight is 411 g/mol. The molecule has 2 N–H and O–H groups in total. The Morgan fingerprint density at radius 1 is 1.13 bits per heavy atom. The van der Waals surface area contributed by atoms with Crippen molar-refractivity contribution in [3.63, 3.8) is 0 Å². The maximum atomic E-state index is 11.9. The zero-order valence-corrected chi connectivity index (χ0v) is 17.0. The van der Waals surface area contributed by atoms with Crippen LogP contribution >= 0.6 is 0 Å². The van der Waals surface area contributed by atoms with E-state index in [0.29, 0.717) is 18.6 Å². The summed E-state index contributed by atoms with van der Waals surface area (Å²) in [5, 5.41) is 21.0. The summed E-state index contributed by atoms with van der Waals surface area (Å²) in [6.07, 6.45) is 3.26. The average Bonchev–Trinajstić information content (AvgIpc) is 2.89. The van der Waals surface area contributed by atoms with Crippen molar-refractivity contribution >= 4 is 22.7 Å². The number of carboxylic acid groups (broad SMARTS) is 2. The number of ether oxygens (including phenoxy) is 2. The van der Waals surface area contributed by atoms with Crippen LogP contribution in [0.3, 0.4) is 0 Å². The minimum atomic E-state index is -1.25. The molecule has 0 aromatic heterocycles. The number of rotatable bonds is 6. The predicted octanol–water partition coefficient (Wildman–Crippen LogP) is 3.32. The lowest BCUT2D eigenvalue weighted by atomic mass is 9.80. The Bertz CT molecular complexity index is 1030. The zero-order chi connectivity index (χ0) is 21.5. The van der Waals surface area contributed by atoms with E-state index in [4.69, 9.17) is 9.47 Å². The molecule has 30 heavy (non-hydrogen) atoms. The first kappa shape index (κ1) is 20.2. The Balaban J connectivity index is 1.63. The number of fused-ring (bicyclic) bond motifs is 3. The zero-order valence-electron chi connectivity index (χ0n) is 17.0. The Labute approximate surface area is 174 Å². The smallest absolute Gasteiger partial charge is 0.333 e. The van der Waals surface area contributed by atoms with Gasteiger partial charge in [0.1, 0.15) is 17.6 Å². The van der Waals surface area contributed by atoms with Crippen LogP contribution in [0.1, 0.15) is 25.7 Å². The van der Waals surface area contributed by atoms with Crippen molar-refractivity contribution in [1.82, 2.24) is 4.90 Å². The first-order valence-electron chi connectivity index (χ1n) is 9.98. The normalized spacial score (nSPS) is 26.5. The predicted molar refractivity (Wildman–Crippen MR) is 111 cm³/mol. The molecule has 3 atom stereocenters. The maximum absolute atomic E-state index is 11.9. The van der Waals surface area contributed by atoms with E-state index in [1.807, 2.05) is 48.3 Å². The molecule has 2 saturated heterocycles. The summed E-state index contributed by atoms with van der Waals surface area (Å²) in [5.41, 5.74) is -0.908. The largest absolute Gasteiger partial charge is 0.497 e. The number of benzene rings is 2. The molecule has 2 aromatic rings. The van der Waals surface area contributed by atoms with Gasteiger partial charge in [-0.1, -0.05) is 12.1 Å². The van der Waals surface area contributed by atoms with Gasteiger partial charge in [-0.2, -0.15) is 0 Å². The molecule has 0 saturated carbocycles. The summed E-state index contributed by atoms with van der Waals surface area (Å²) in [6.45, 7) is 0. The van der Waals surface area contributed by atoms with E-state index in [-0.39, 0.29) is 17.7 Å². The van der Waals surface area contributed by atoms with Crippen molar-refractivity contribution in [3.8, 4) is 11.5 Å². The van der Waals surface area contributed by atoms with Gasteiger partial charge in [-0.25, -0.2) is 9.59 Å². The lowest BCUT2D eigenvalue weighted by Gasteiger charge is -2.45. The third-order valence-corrected chi connectivity index (χ3v) is 6.54. The number of likely N-dealkylation sites (N-methyl/N-ethyl adjacent to an activating group) is 1. The number of piperidine rings is 1. The standard InChI is InChI=1S/C23H25NO6/c1-24-16-7-8-23(24,20(22(27)28)12-21(25)26)13-19(11-16)30-18-6-4-14-3-5-17(29-2)9-15(14)10-18/h3-6,9-10,12,16,19H,7-8,11,13H2,1-2H3,(H,25,26)(H,27,28)/b20-12-. The number of carbonyl (C=O) groups is 2. The SMILES string of the molecule is COc1ccc2ccc(OC3CC4CCC(/C(=C\C(=O)O)C(=O)O)(C3)N4C)cc2c1. The van der Waals surface area contributed by atoms with Crippen LogP contribution in [0.2, 0.25) is 0 Å². The van der Waals surface area contributed by atoms with Crippen molar-refractivity contribution in [3.05, 3.63) is 48.0 Å². The molecule has 0 radical (unpaired) electrons. The highest BCUT2D eigenvalue weighted by Crippen LogP contribution is 2.48. The van der Waals surface area contributed by atoms with E-state index in [1.165, 1.54) is 0 Å². The van der Waals surface area contributed by atoms with Gasteiger partial charge in [0.05, 0.1) is 18.2 Å². The van der Waals surface area contributed by atoms with Crippen LogP contribution < -0.4 is 9.47 Å². The summed E-state index contributed by atoms with van der Waals surface area (Å²) in [6, 6.07) is 11.8. The first-order valence-corrected chi connectivity index (χ1v) is 9.98. The van der Waals surface area contributed by atoms with E-state index < -0.39 is 17.5 Å². The molecule has 0 aliphatic carbocycles. The Morgan fingerprint density at radius 2 is 1.83 bits per heavy atom. The number of aliphatic carboxylic acids is 2. The number of carboxylic acids is 2. The third kappa shape index (κ3) is 3.50. The molecule has 4 rings (SSSR count). The molecule has 158 valence electrons. The van der Waals surface area contributed by atoms with Crippen molar-refractivity contribution in [2.24, 2.45) is 0 Å². The van der Waals surface area contributed by atoms with Crippen LogP contribution in [0.5, 0.6) is 11.5 Å². The fraction of sp³-hybridized carbons (Fsp3) is 0.391. The van der Waals surface area contributed by atoms with E-state index in [1.54, 1.807) is 7.11 Å². The van der Waals surface area contributed by atoms with Gasteiger partial charge in [0, 0.05) is 18.5 Å². The van der Waals surface area contributed by atoms with Gasteiger partial charge in [0.25, 0.3) is 0 Å². The Kier molecular flexibility index (Phi) is 5.15. The summed E-state index contributed by atoms with van der Waals surface area (Å²) in [5.74, 6) is -0.965. The van der Waals surface area contributed by atoms with Crippen LogP contribution in [0.15, 0.2) is 48.0 Å². The quantitative estimate of drug-likeness (QED) is 0.704. The molecular formula is C23H25NO6. The molecule has 0 spiro atoms. The minimum Gasteiger partial charge on any atom is -0.497 e. The highest BCUT2D eigenvalue weighted by molar-refractivity contribution is 5.96. The molecule has 7 heteroatoms. The topological polar surface area (TPSA) is 96.3 Å². The number of methoxy groups -OCH3 is 1. The van der Waals surface area contributed by atoms with Crippen molar-refractivity contribution < 1.29 is 29.3 Å². The molecular weight excluding hydrogens is 386 g/mol. The molecule has 2 heterocycles. The van der Waals surface area contributed by atoms with Crippen LogP contribution in [-0.2, 0) is 9.59 Å². The van der Waals surface area contributed by atoms with Gasteiger partial charge < -0.3 is 19.7 Å². The molecule has 2 aromatic carbocycles. The van der Waals surface area contributed by atoms with E-state index in [2.05, 4.69) is 0 Å². The Morgan fingerprint density at radius 3 is 2.50 bits per heavy atom. The van der Waals surface area contributed by atoms with Gasteiger partial charge in [-0.15, -0.1) is 0 Å². The lowest BCUT2D eigenvalue weighted by molar-refractivity contribution is -0.137. The molecule has 2 fully saturated rings. The third-order valence-electron chi connectivity index (χ3n) is 6.54. The number of hydrogen-bond acceptors (Lipinski definition) is 5. The second kappa shape index (κ2) is 7.65. The van der Waals surface area contributed by atoms with E-state index in [9.17, 15) is 19.8 Å². The first-order chi connectivity index (χ1) is 14.3. The second-order valence-corrected chi connectivity index (χ2v) is 8.09. The fourth-order valence-corrected chi connectivity index (χ4v) is 5.05. The minimum absolute atomic E-state index is 0.0726. The van der Waals surface area contributed by atoms with Crippen molar-refractivity contribution in [2.45, 2.75) is 43.4 Å². The lowest BCUT2D eigenvalue weighted by Crippen LogP contribution is -2.55. The molecule has 2 bridgehead atoms. The summed E-state index contributed by atoms with van der Waals surface area (Å²) in [7, 11) is 3.51. The molecule has 0 amide bonds. The van der Waals surface area contributed by atoms with Crippen LogP contribution in [-0.4, -0.2) is 58.9 Å². The van der Waals surface area contributed by atoms with Crippen molar-refractivity contribution in [2.75, 3.05) is 14.2 Å². The van der Waals surface area contributed by atoms with Gasteiger partial charge in [-0.3, -0.25) is 4.90 Å². The molecule has 3 unspecified atom stereocenters. The van der Waals surface area contributed by atoms with Gasteiger partial charge in [-0.05, 0) is 61.3 Å². The second-order valence-electron chi connectivity index (χ2n) is 8.09. The summed E-state index contributed by atoms with van der Waals surface area (Å²) in [4.78, 5) is 25.2. The molecule has 7 nitrogen and oxygen atoms in total. The van der Waals surface area contributed by atoms with E-state index >= 15 is 0 Å². The number of nitrogens with zero attached hydrogens (tertiary/aromatic N) is 1. The Hall–Kier alpha value is -3.06. The maximum Gasteiger partial charge on any atom is 0.333 e. The number of hydrogen-bond donors (Lipinski definition) is 2. The summed E-state index contributed by atoms with van der Waals surface area (Å²) < 4.78 is 11.6. The van der Waals surface area contributed by atoms with Crippen molar-refractivity contribution in [1.29, 1.82) is 0 Å². The monoisotopic (exact) mass is 411 g/mol. The van der Waals surface area contributed by atoms with Crippen LogP contribution in [0.25, 0.3) is 10.8 Å².